The van der Waals surface area contributed by atoms with Gasteiger partial charge < -0.3 is 18.6 Å². The molecule has 0 saturated carbocycles. The van der Waals surface area contributed by atoms with Crippen LogP contribution in [-0.4, -0.2) is 52.8 Å². The summed E-state index contributed by atoms with van der Waals surface area (Å²) in [5, 5.41) is 0. The zero-order valence-corrected chi connectivity index (χ0v) is 24.6. The molecule has 7 heteroatoms. The summed E-state index contributed by atoms with van der Waals surface area (Å²) in [7, 11) is -0.794. The number of esters is 1. The van der Waals surface area contributed by atoms with Crippen molar-refractivity contribution in [3.8, 4) is 0 Å². The smallest absolute Gasteiger partial charge is 0.335 e. The highest BCUT2D eigenvalue weighted by molar-refractivity contribution is 6.77. The van der Waals surface area contributed by atoms with Crippen LogP contribution in [0.3, 0.4) is 0 Å². The highest BCUT2D eigenvalue weighted by Crippen LogP contribution is 2.42. The fraction of sp³-hybridized carbons (Fsp3) is 0.714. The molecule has 0 heterocycles. The van der Waals surface area contributed by atoms with Crippen molar-refractivity contribution in [1.29, 1.82) is 0 Å². The van der Waals surface area contributed by atoms with Crippen LogP contribution in [0.4, 0.5) is 0 Å². The average Bonchev–Trinajstić information content (AvgIpc) is 2.78. The Bertz CT molecular complexity index is 690. The molecule has 0 aromatic rings. The van der Waals surface area contributed by atoms with E-state index in [1.54, 1.807) is 0 Å². The van der Waals surface area contributed by atoms with Crippen LogP contribution in [0, 0.1) is 5.92 Å². The number of hydrogen-bond donors (Lipinski definition) is 0. The van der Waals surface area contributed by atoms with Gasteiger partial charge in [0.15, 0.2) is 12.1 Å². The number of carbonyl (C=O) groups is 2. The number of hydrogen-bond acceptors (Lipinski definition) is 6. The van der Waals surface area contributed by atoms with Crippen LogP contribution in [0.15, 0.2) is 37.0 Å². The molecule has 0 amide bonds. The zero-order chi connectivity index (χ0) is 27.3. The van der Waals surface area contributed by atoms with Gasteiger partial charge in [0, 0.05) is 13.0 Å². The lowest BCUT2D eigenvalue weighted by atomic mass is 9.88. The van der Waals surface area contributed by atoms with Gasteiger partial charge in [0.2, 0.25) is 8.32 Å². The van der Waals surface area contributed by atoms with Crippen LogP contribution >= 0.6 is 0 Å². The van der Waals surface area contributed by atoms with Crippen LogP contribution in [0.5, 0.6) is 0 Å². The fourth-order valence-electron chi connectivity index (χ4n) is 4.97. The minimum Gasteiger partial charge on any atom is -0.466 e. The first-order valence-corrected chi connectivity index (χ1v) is 14.9. The lowest BCUT2D eigenvalue weighted by Crippen LogP contribution is -2.48. The minimum atomic E-state index is -2.10. The summed E-state index contributed by atoms with van der Waals surface area (Å²) in [6.45, 7) is 29.3. The quantitative estimate of drug-likeness (QED) is 0.0627. The van der Waals surface area contributed by atoms with Crippen molar-refractivity contribution in [2.24, 2.45) is 5.92 Å². The first-order chi connectivity index (χ1) is 16.3. The third-order valence-electron chi connectivity index (χ3n) is 6.82. The topological polar surface area (TPSA) is 71.1 Å². The maximum atomic E-state index is 12.9. The van der Waals surface area contributed by atoms with E-state index in [1.165, 1.54) is 13.2 Å². The first kappa shape index (κ1) is 33.5. The molecule has 0 aliphatic carbocycles. The maximum absolute atomic E-state index is 12.9. The van der Waals surface area contributed by atoms with Gasteiger partial charge in [0.1, 0.15) is 0 Å². The number of ketones is 1. The molecule has 0 aromatic heterocycles. The Morgan fingerprint density at radius 3 is 1.94 bits per heavy atom. The third-order valence-corrected chi connectivity index (χ3v) is 12.9. The van der Waals surface area contributed by atoms with E-state index in [0.29, 0.717) is 42.5 Å². The minimum absolute atomic E-state index is 0.0558. The second kappa shape index (κ2) is 16.3. The lowest BCUT2D eigenvalue weighted by Gasteiger charge is -2.42. The Morgan fingerprint density at radius 1 is 1.00 bits per heavy atom. The van der Waals surface area contributed by atoms with Crippen molar-refractivity contribution in [2.75, 3.05) is 20.3 Å². The summed E-state index contributed by atoms with van der Waals surface area (Å²) < 4.78 is 22.8. The number of ether oxygens (including phenoxy) is 3. The first-order valence-electron chi connectivity index (χ1n) is 12.8. The Kier molecular flexibility index (Phi) is 15.5. The van der Waals surface area contributed by atoms with Gasteiger partial charge in [-0.2, -0.15) is 0 Å². The summed E-state index contributed by atoms with van der Waals surface area (Å²) in [5.74, 6) is -0.519. The van der Waals surface area contributed by atoms with E-state index < -0.39 is 26.7 Å². The van der Waals surface area contributed by atoms with Crippen molar-refractivity contribution in [2.45, 2.75) is 104 Å². The lowest BCUT2D eigenvalue weighted by molar-refractivity contribution is -0.148. The molecule has 3 atom stereocenters. The summed E-state index contributed by atoms with van der Waals surface area (Å²) in [6, 6.07) is 0. The van der Waals surface area contributed by atoms with Crippen LogP contribution in [-0.2, 0) is 28.2 Å². The largest absolute Gasteiger partial charge is 0.466 e. The fourth-order valence-corrected chi connectivity index (χ4v) is 10.4. The molecule has 0 bridgehead atoms. The van der Waals surface area contributed by atoms with Crippen molar-refractivity contribution in [1.82, 2.24) is 0 Å². The summed E-state index contributed by atoms with van der Waals surface area (Å²) in [6.07, 6.45) is 1.56. The monoisotopic (exact) mass is 510 g/mol. The van der Waals surface area contributed by atoms with Gasteiger partial charge in [-0.15, -0.1) is 0 Å². The van der Waals surface area contributed by atoms with E-state index in [0.717, 1.165) is 5.57 Å². The molecule has 2 unspecified atom stereocenters. The van der Waals surface area contributed by atoms with Gasteiger partial charge in [-0.3, -0.25) is 4.79 Å². The molecule has 0 radical (unpaired) electrons. The second-order valence-electron chi connectivity index (χ2n) is 10.2. The summed E-state index contributed by atoms with van der Waals surface area (Å²) >= 11 is 0. The Balaban J connectivity index is 5.41. The number of carbonyl (C=O) groups excluding carboxylic acids is 2. The molecular weight excluding hydrogens is 460 g/mol. The molecule has 0 saturated heterocycles. The zero-order valence-electron chi connectivity index (χ0n) is 23.6. The Labute approximate surface area is 215 Å². The molecule has 6 nitrogen and oxygen atoms in total. The predicted octanol–water partition coefficient (Wildman–Crippen LogP) is 6.77. The van der Waals surface area contributed by atoms with Crippen molar-refractivity contribution in [3.63, 3.8) is 0 Å². The van der Waals surface area contributed by atoms with Gasteiger partial charge >= 0.3 is 5.97 Å². The molecule has 0 aliphatic rings. The molecule has 0 aliphatic heterocycles. The molecule has 202 valence electrons. The van der Waals surface area contributed by atoms with E-state index in [-0.39, 0.29) is 23.9 Å². The summed E-state index contributed by atoms with van der Waals surface area (Å²) in [5.41, 5.74) is 2.37. The number of Topliss-reactive ketones (excluding diaryl/α,β-unsaturated/α-hetero) is 1. The van der Waals surface area contributed by atoms with Crippen molar-refractivity contribution >= 4 is 20.1 Å². The molecular formula is C28H50O6Si. The molecule has 0 rings (SSSR count). The van der Waals surface area contributed by atoms with E-state index in [9.17, 15) is 9.59 Å². The van der Waals surface area contributed by atoms with Crippen LogP contribution < -0.4 is 0 Å². The second-order valence-corrected chi connectivity index (χ2v) is 15.6. The molecule has 35 heavy (non-hydrogen) atoms. The third kappa shape index (κ3) is 10.2. The predicted molar refractivity (Wildman–Crippen MR) is 146 cm³/mol. The van der Waals surface area contributed by atoms with Crippen molar-refractivity contribution in [3.05, 3.63) is 37.0 Å². The van der Waals surface area contributed by atoms with Crippen LogP contribution in [0.2, 0.25) is 16.6 Å². The van der Waals surface area contributed by atoms with E-state index in [2.05, 4.69) is 61.3 Å². The van der Waals surface area contributed by atoms with Gasteiger partial charge in [0.25, 0.3) is 0 Å². The van der Waals surface area contributed by atoms with E-state index >= 15 is 0 Å². The SMILES string of the molecule is C=CC(OCC)OC(C[C@H](CCC(=O)CO[Si](C(C)C)(C(C)C)C(C)C)C(=C)C)C(=C)C(=O)OC. The maximum Gasteiger partial charge on any atom is 0.335 e. The van der Waals surface area contributed by atoms with Crippen LogP contribution in [0.25, 0.3) is 0 Å². The highest BCUT2D eigenvalue weighted by Gasteiger charge is 2.45. The Hall–Kier alpha value is -1.54. The molecule has 0 spiro atoms. The normalized spacial score (nSPS) is 14.6. The van der Waals surface area contributed by atoms with Gasteiger partial charge in [-0.25, -0.2) is 4.79 Å². The van der Waals surface area contributed by atoms with E-state index in [4.69, 9.17) is 18.6 Å². The molecule has 0 aromatic carbocycles. The summed E-state index contributed by atoms with van der Waals surface area (Å²) in [4.78, 5) is 25.1. The Morgan fingerprint density at radius 2 is 1.54 bits per heavy atom. The van der Waals surface area contributed by atoms with E-state index in [1.807, 2.05) is 13.8 Å². The molecule has 0 N–H and O–H groups in total. The van der Waals surface area contributed by atoms with Gasteiger partial charge in [0.05, 0.1) is 25.4 Å². The average molecular weight is 511 g/mol. The van der Waals surface area contributed by atoms with Gasteiger partial charge in [-0.1, -0.05) is 66.9 Å². The number of methoxy groups -OCH3 is 1. The number of rotatable bonds is 19. The standard InChI is InChI=1S/C28H50O6Si/c1-13-27(32-14-2)34-26(23(11)28(30)31-12)17-24(19(3)4)15-16-25(29)18-33-35(20(5)6,21(7)8)22(9)10/h13,20-22,24,26-27H,1,3,11,14-18H2,2,4-10,12H3/t24-,26?,27?/m0/s1. The highest BCUT2D eigenvalue weighted by atomic mass is 28.4. The molecule has 0 fully saturated rings. The van der Waals surface area contributed by atoms with Crippen LogP contribution in [0.1, 0.15) is 74.7 Å². The number of allylic oxidation sites excluding steroid dienone is 1. The van der Waals surface area contributed by atoms with Gasteiger partial charge in [-0.05, 0) is 55.3 Å². The van der Waals surface area contributed by atoms with Crippen molar-refractivity contribution < 1.29 is 28.2 Å².